The first-order chi connectivity index (χ1) is 11.0. The number of sulfonamides is 1. The minimum Gasteiger partial charge on any atom is -0.379 e. The molecule has 1 aliphatic heterocycles. The fourth-order valence-corrected chi connectivity index (χ4v) is 4.10. The summed E-state index contributed by atoms with van der Waals surface area (Å²) in [6, 6.07) is 9.52. The van der Waals surface area contributed by atoms with Gasteiger partial charge in [0.1, 0.15) is 0 Å². The molecule has 1 atom stereocenters. The highest BCUT2D eigenvalue weighted by Crippen LogP contribution is 2.14. The van der Waals surface area contributed by atoms with Crippen LogP contribution >= 0.6 is 0 Å². The van der Waals surface area contributed by atoms with E-state index in [1.807, 2.05) is 30.3 Å². The molecule has 130 valence electrons. The number of ether oxygens (including phenoxy) is 1. The van der Waals surface area contributed by atoms with E-state index in [0.717, 1.165) is 38.3 Å². The quantitative estimate of drug-likeness (QED) is 0.785. The zero-order chi connectivity index (χ0) is 16.7. The Balaban J connectivity index is 1.93. The van der Waals surface area contributed by atoms with Gasteiger partial charge in [0.05, 0.1) is 19.0 Å². The van der Waals surface area contributed by atoms with Crippen molar-refractivity contribution in [2.45, 2.75) is 32.1 Å². The lowest BCUT2D eigenvalue weighted by molar-refractivity contribution is 0.0134. The molecule has 23 heavy (non-hydrogen) atoms. The number of nitrogens with one attached hydrogen (secondary N) is 1. The second kappa shape index (κ2) is 8.78. The Bertz CT molecular complexity index is 554. The van der Waals surface area contributed by atoms with Crippen LogP contribution in [0.1, 0.15) is 25.8 Å². The van der Waals surface area contributed by atoms with Gasteiger partial charge in [-0.15, -0.1) is 0 Å². The van der Waals surface area contributed by atoms with E-state index in [4.69, 9.17) is 4.74 Å². The van der Waals surface area contributed by atoms with Crippen LogP contribution in [0.25, 0.3) is 0 Å². The molecule has 5 nitrogen and oxygen atoms in total. The summed E-state index contributed by atoms with van der Waals surface area (Å²) in [7, 11) is -3.31. The van der Waals surface area contributed by atoms with Crippen LogP contribution in [0.15, 0.2) is 30.3 Å². The van der Waals surface area contributed by atoms with Crippen molar-refractivity contribution in [3.8, 4) is 0 Å². The standard InChI is InChI=1S/C17H28N2O3S/c1-15(2)12-17(19-8-10-22-11-9-19)13-18-23(20,21)14-16-6-4-3-5-7-16/h3-7,15,17-18H,8-14H2,1-2H3. The Morgan fingerprint density at radius 2 is 1.83 bits per heavy atom. The lowest BCUT2D eigenvalue weighted by atomic mass is 10.0. The molecule has 1 aromatic rings. The zero-order valence-electron chi connectivity index (χ0n) is 14.1. The van der Waals surface area contributed by atoms with Gasteiger partial charge in [0.2, 0.25) is 10.0 Å². The molecule has 0 saturated carbocycles. The number of morpholine rings is 1. The normalized spacial score (nSPS) is 18.2. The molecular formula is C17H28N2O3S. The summed E-state index contributed by atoms with van der Waals surface area (Å²) in [5, 5.41) is 0. The van der Waals surface area contributed by atoms with Crippen LogP contribution in [-0.2, 0) is 20.5 Å². The molecular weight excluding hydrogens is 312 g/mol. The van der Waals surface area contributed by atoms with Gasteiger partial charge in [-0.05, 0) is 17.9 Å². The van der Waals surface area contributed by atoms with Crippen LogP contribution in [0.3, 0.4) is 0 Å². The van der Waals surface area contributed by atoms with E-state index >= 15 is 0 Å². The molecule has 0 radical (unpaired) electrons. The van der Waals surface area contributed by atoms with Gasteiger partial charge in [-0.1, -0.05) is 44.2 Å². The third kappa shape index (κ3) is 6.59. The van der Waals surface area contributed by atoms with E-state index in [-0.39, 0.29) is 11.8 Å². The van der Waals surface area contributed by atoms with Crippen LogP contribution < -0.4 is 4.72 Å². The first-order valence-electron chi connectivity index (χ1n) is 8.29. The number of benzene rings is 1. The maximum absolute atomic E-state index is 12.3. The zero-order valence-corrected chi connectivity index (χ0v) is 14.9. The highest BCUT2D eigenvalue weighted by atomic mass is 32.2. The third-order valence-corrected chi connectivity index (χ3v) is 5.36. The lowest BCUT2D eigenvalue weighted by Gasteiger charge is -2.35. The summed E-state index contributed by atoms with van der Waals surface area (Å²) in [6.07, 6.45) is 0.980. The molecule has 0 bridgehead atoms. The highest BCUT2D eigenvalue weighted by molar-refractivity contribution is 7.88. The molecule has 6 heteroatoms. The summed E-state index contributed by atoms with van der Waals surface area (Å²) < 4.78 is 32.8. The van der Waals surface area contributed by atoms with Gasteiger partial charge in [-0.25, -0.2) is 13.1 Å². The van der Waals surface area contributed by atoms with Gasteiger partial charge >= 0.3 is 0 Å². The molecule has 1 N–H and O–H groups in total. The van der Waals surface area contributed by atoms with Crippen molar-refractivity contribution >= 4 is 10.0 Å². The maximum Gasteiger partial charge on any atom is 0.215 e. The van der Waals surface area contributed by atoms with Crippen molar-refractivity contribution in [1.82, 2.24) is 9.62 Å². The Hall–Kier alpha value is -0.950. The van der Waals surface area contributed by atoms with Gasteiger partial charge in [0.15, 0.2) is 0 Å². The number of nitrogens with zero attached hydrogens (tertiary/aromatic N) is 1. The van der Waals surface area contributed by atoms with Gasteiger partial charge in [-0.2, -0.15) is 0 Å². The van der Waals surface area contributed by atoms with Crippen LogP contribution in [0.2, 0.25) is 0 Å². The third-order valence-electron chi connectivity index (χ3n) is 4.04. The van der Waals surface area contributed by atoms with Gasteiger partial charge < -0.3 is 4.74 Å². The van der Waals surface area contributed by atoms with Gasteiger partial charge in [0, 0.05) is 25.7 Å². The Morgan fingerprint density at radius 1 is 1.17 bits per heavy atom. The molecule has 0 amide bonds. The highest BCUT2D eigenvalue weighted by Gasteiger charge is 2.23. The van der Waals surface area contributed by atoms with Crippen molar-refractivity contribution in [3.05, 3.63) is 35.9 Å². The minimum absolute atomic E-state index is 0.0331. The predicted molar refractivity (Wildman–Crippen MR) is 92.7 cm³/mol. The molecule has 1 aromatic carbocycles. The molecule has 1 heterocycles. The minimum atomic E-state index is -3.31. The fourth-order valence-electron chi connectivity index (χ4n) is 2.92. The van der Waals surface area contributed by atoms with E-state index in [9.17, 15) is 8.42 Å². The maximum atomic E-state index is 12.3. The van der Waals surface area contributed by atoms with E-state index in [1.54, 1.807) is 0 Å². The molecule has 0 aliphatic carbocycles. The molecule has 1 aliphatic rings. The second-order valence-electron chi connectivity index (χ2n) is 6.52. The predicted octanol–water partition coefficient (Wildman–Crippen LogP) is 1.85. The molecule has 0 spiro atoms. The largest absolute Gasteiger partial charge is 0.379 e. The number of rotatable bonds is 8. The van der Waals surface area contributed by atoms with Crippen molar-refractivity contribution in [2.75, 3.05) is 32.8 Å². The SMILES string of the molecule is CC(C)CC(CNS(=O)(=O)Cc1ccccc1)N1CCOCC1. The monoisotopic (exact) mass is 340 g/mol. The van der Waals surface area contributed by atoms with E-state index in [1.165, 1.54) is 0 Å². The van der Waals surface area contributed by atoms with Crippen LogP contribution in [0.5, 0.6) is 0 Å². The van der Waals surface area contributed by atoms with Gasteiger partial charge in [0.25, 0.3) is 0 Å². The number of hydrogen-bond donors (Lipinski definition) is 1. The first kappa shape index (κ1) is 18.4. The fraction of sp³-hybridized carbons (Fsp3) is 0.647. The van der Waals surface area contributed by atoms with E-state index in [0.29, 0.717) is 12.5 Å². The topological polar surface area (TPSA) is 58.6 Å². The molecule has 2 rings (SSSR count). The van der Waals surface area contributed by atoms with Crippen LogP contribution in [-0.4, -0.2) is 52.2 Å². The molecule has 1 unspecified atom stereocenters. The van der Waals surface area contributed by atoms with E-state index in [2.05, 4.69) is 23.5 Å². The number of hydrogen-bond acceptors (Lipinski definition) is 4. The van der Waals surface area contributed by atoms with E-state index < -0.39 is 10.0 Å². The van der Waals surface area contributed by atoms with Crippen LogP contribution in [0.4, 0.5) is 0 Å². The Kier molecular flexibility index (Phi) is 7.02. The van der Waals surface area contributed by atoms with Crippen molar-refractivity contribution in [3.63, 3.8) is 0 Å². The summed E-state index contributed by atoms with van der Waals surface area (Å²) in [4.78, 5) is 2.34. The summed E-state index contributed by atoms with van der Waals surface area (Å²) in [5.41, 5.74) is 0.812. The second-order valence-corrected chi connectivity index (χ2v) is 8.33. The molecule has 1 saturated heterocycles. The van der Waals surface area contributed by atoms with Crippen molar-refractivity contribution < 1.29 is 13.2 Å². The first-order valence-corrected chi connectivity index (χ1v) is 9.94. The van der Waals surface area contributed by atoms with Crippen molar-refractivity contribution in [2.24, 2.45) is 5.92 Å². The summed E-state index contributed by atoms with van der Waals surface area (Å²) in [6.45, 7) is 8.01. The Morgan fingerprint density at radius 3 is 2.43 bits per heavy atom. The van der Waals surface area contributed by atoms with Crippen LogP contribution in [0, 0.1) is 5.92 Å². The Labute approximate surface area is 140 Å². The van der Waals surface area contributed by atoms with Gasteiger partial charge in [-0.3, -0.25) is 4.90 Å². The summed E-state index contributed by atoms with van der Waals surface area (Å²) >= 11 is 0. The summed E-state index contributed by atoms with van der Waals surface area (Å²) in [5.74, 6) is 0.562. The molecule has 0 aromatic heterocycles. The smallest absolute Gasteiger partial charge is 0.215 e. The molecule has 1 fully saturated rings. The average molecular weight is 340 g/mol. The lowest BCUT2D eigenvalue weighted by Crippen LogP contribution is -2.49. The van der Waals surface area contributed by atoms with Crippen molar-refractivity contribution in [1.29, 1.82) is 0 Å². The average Bonchev–Trinajstić information content (AvgIpc) is 2.52.